The van der Waals surface area contributed by atoms with Crippen molar-refractivity contribution in [3.05, 3.63) is 64.6 Å². The molecule has 3 N–H and O–H groups in total. The molecule has 3 aromatic rings. The molecule has 0 saturated carbocycles. The van der Waals surface area contributed by atoms with Crippen molar-refractivity contribution in [3.63, 3.8) is 0 Å². The molecule has 1 amide bonds. The van der Waals surface area contributed by atoms with Crippen LogP contribution < -0.4 is 10.6 Å². The van der Waals surface area contributed by atoms with Gasteiger partial charge in [0.05, 0.1) is 0 Å². The molecule has 0 spiro atoms. The Balaban J connectivity index is 1.78. The van der Waals surface area contributed by atoms with E-state index in [4.69, 9.17) is 11.6 Å². The third-order valence-electron chi connectivity index (χ3n) is 3.28. The molecule has 0 aliphatic heterocycles. The van der Waals surface area contributed by atoms with E-state index in [1.54, 1.807) is 30.3 Å². The van der Waals surface area contributed by atoms with Gasteiger partial charge in [0.2, 0.25) is 0 Å². The number of hydrogen-bond donors (Lipinski definition) is 3. The zero-order valence-corrected chi connectivity index (χ0v) is 13.4. The molecule has 8 heteroatoms. The lowest BCUT2D eigenvalue weighted by Gasteiger charge is -2.07. The van der Waals surface area contributed by atoms with Crippen molar-refractivity contribution in [2.45, 2.75) is 6.92 Å². The van der Waals surface area contributed by atoms with Gasteiger partial charge in [-0.05, 0) is 42.8 Å². The van der Waals surface area contributed by atoms with E-state index < -0.39 is 11.7 Å². The Morgan fingerprint density at radius 1 is 1.17 bits per heavy atom. The van der Waals surface area contributed by atoms with E-state index in [-0.39, 0.29) is 11.5 Å². The fourth-order valence-corrected chi connectivity index (χ4v) is 2.22. The number of nitrogens with one attached hydrogen (secondary N) is 3. The van der Waals surface area contributed by atoms with Gasteiger partial charge in [-0.15, -0.1) is 10.2 Å². The lowest BCUT2D eigenvalue weighted by atomic mass is 10.2. The average Bonchev–Trinajstić information content (AvgIpc) is 2.99. The molecule has 122 valence electrons. The summed E-state index contributed by atoms with van der Waals surface area (Å²) in [6.07, 6.45) is 0. The maximum Gasteiger partial charge on any atom is 0.280 e. The first-order valence-electron chi connectivity index (χ1n) is 7.04. The molecule has 0 saturated heterocycles. The minimum atomic E-state index is -0.470. The second-order valence-corrected chi connectivity index (χ2v) is 5.48. The summed E-state index contributed by atoms with van der Waals surface area (Å²) in [4.78, 5) is 12.4. The zero-order chi connectivity index (χ0) is 17.1. The van der Waals surface area contributed by atoms with E-state index in [0.717, 1.165) is 5.56 Å². The van der Waals surface area contributed by atoms with E-state index in [1.165, 1.54) is 12.1 Å². The summed E-state index contributed by atoms with van der Waals surface area (Å²) >= 11 is 6.04. The molecule has 3 rings (SSSR count). The van der Waals surface area contributed by atoms with Crippen molar-refractivity contribution in [3.8, 4) is 0 Å². The molecule has 6 nitrogen and oxygen atoms in total. The van der Waals surface area contributed by atoms with Gasteiger partial charge in [0.15, 0.2) is 11.5 Å². The number of benzene rings is 2. The molecule has 1 aromatic heterocycles. The number of aromatic nitrogens is 3. The van der Waals surface area contributed by atoms with Crippen LogP contribution in [0.4, 0.5) is 21.6 Å². The Labute approximate surface area is 142 Å². The van der Waals surface area contributed by atoms with E-state index in [0.29, 0.717) is 16.4 Å². The molecule has 0 fully saturated rings. The average molecular weight is 346 g/mol. The molecule has 24 heavy (non-hydrogen) atoms. The van der Waals surface area contributed by atoms with Crippen LogP contribution in [-0.4, -0.2) is 21.3 Å². The lowest BCUT2D eigenvalue weighted by Crippen LogP contribution is -2.14. The molecule has 0 aliphatic carbocycles. The number of anilines is 3. The van der Waals surface area contributed by atoms with Gasteiger partial charge >= 0.3 is 0 Å². The smallest absolute Gasteiger partial charge is 0.280 e. The Hall–Kier alpha value is -2.93. The minimum absolute atomic E-state index is 0.0518. The number of amides is 1. The first-order chi connectivity index (χ1) is 11.5. The summed E-state index contributed by atoms with van der Waals surface area (Å²) < 4.78 is 13.2. The summed E-state index contributed by atoms with van der Waals surface area (Å²) in [5, 5.41) is 16.2. The van der Waals surface area contributed by atoms with Crippen LogP contribution in [0.5, 0.6) is 0 Å². The predicted molar refractivity (Wildman–Crippen MR) is 90.2 cm³/mol. The number of nitrogens with zero attached hydrogens (tertiary/aromatic N) is 2. The fraction of sp³-hybridized carbons (Fsp3) is 0.0625. The maximum absolute atomic E-state index is 13.2. The number of hydrogen-bond acceptors (Lipinski definition) is 4. The first-order valence-corrected chi connectivity index (χ1v) is 7.41. The van der Waals surface area contributed by atoms with Crippen molar-refractivity contribution in [2.24, 2.45) is 0 Å². The summed E-state index contributed by atoms with van der Waals surface area (Å²) in [6, 6.07) is 11.0. The Morgan fingerprint density at radius 2 is 2.00 bits per heavy atom. The van der Waals surface area contributed by atoms with Gasteiger partial charge in [0.1, 0.15) is 5.82 Å². The second-order valence-electron chi connectivity index (χ2n) is 5.07. The molecule has 2 aromatic carbocycles. The normalized spacial score (nSPS) is 10.5. The highest BCUT2D eigenvalue weighted by molar-refractivity contribution is 6.31. The Kier molecular flexibility index (Phi) is 4.43. The minimum Gasteiger partial charge on any atom is -0.337 e. The van der Waals surface area contributed by atoms with E-state index >= 15 is 0 Å². The van der Waals surface area contributed by atoms with Crippen LogP contribution in [0.2, 0.25) is 5.02 Å². The monoisotopic (exact) mass is 345 g/mol. The molecule has 0 aliphatic rings. The summed E-state index contributed by atoms with van der Waals surface area (Å²) in [7, 11) is 0. The highest BCUT2D eigenvalue weighted by Crippen LogP contribution is 2.22. The molecule has 0 bridgehead atoms. The number of rotatable bonds is 4. The third-order valence-corrected chi connectivity index (χ3v) is 3.69. The van der Waals surface area contributed by atoms with Gasteiger partial charge in [0.25, 0.3) is 5.91 Å². The molecule has 0 radical (unpaired) electrons. The Morgan fingerprint density at radius 3 is 2.75 bits per heavy atom. The van der Waals surface area contributed by atoms with Gasteiger partial charge in [0, 0.05) is 16.4 Å². The van der Waals surface area contributed by atoms with E-state index in [9.17, 15) is 9.18 Å². The van der Waals surface area contributed by atoms with Gasteiger partial charge in [-0.1, -0.05) is 23.7 Å². The number of H-pyrrole nitrogens is 1. The number of halogens is 2. The van der Waals surface area contributed by atoms with Crippen LogP contribution in [0.15, 0.2) is 42.5 Å². The number of carbonyl (C=O) groups excluding carboxylic acids is 1. The third kappa shape index (κ3) is 3.52. The van der Waals surface area contributed by atoms with Gasteiger partial charge < -0.3 is 10.6 Å². The number of aromatic amines is 1. The maximum atomic E-state index is 13.2. The van der Waals surface area contributed by atoms with Crippen molar-refractivity contribution in [1.29, 1.82) is 0 Å². The molecule has 1 heterocycles. The topological polar surface area (TPSA) is 82.7 Å². The van der Waals surface area contributed by atoms with E-state index in [2.05, 4.69) is 26.0 Å². The van der Waals surface area contributed by atoms with Crippen molar-refractivity contribution < 1.29 is 9.18 Å². The van der Waals surface area contributed by atoms with Crippen LogP contribution in [0.25, 0.3) is 0 Å². The first kappa shape index (κ1) is 15.9. The summed E-state index contributed by atoms with van der Waals surface area (Å²) in [5.41, 5.74) is 1.95. The van der Waals surface area contributed by atoms with Crippen LogP contribution in [0.3, 0.4) is 0 Å². The SMILES string of the molecule is Cc1ccc(NC(=O)c2n[nH]nc2Nc2cccc(F)c2)cc1Cl. The van der Waals surface area contributed by atoms with Crippen LogP contribution >= 0.6 is 11.6 Å². The van der Waals surface area contributed by atoms with Crippen molar-refractivity contribution in [2.75, 3.05) is 10.6 Å². The Bertz CT molecular complexity index is 896. The molecular formula is C16H13ClFN5O. The van der Waals surface area contributed by atoms with Gasteiger partial charge in [-0.2, -0.15) is 5.21 Å². The van der Waals surface area contributed by atoms with E-state index in [1.807, 2.05) is 6.92 Å². The summed E-state index contributed by atoms with van der Waals surface area (Å²) in [5.74, 6) is -0.678. The molecular weight excluding hydrogens is 333 g/mol. The number of aryl methyl sites for hydroxylation is 1. The predicted octanol–water partition coefficient (Wildman–Crippen LogP) is 3.90. The highest BCUT2D eigenvalue weighted by atomic mass is 35.5. The van der Waals surface area contributed by atoms with Crippen LogP contribution in [0.1, 0.15) is 16.1 Å². The standard InChI is InChI=1S/C16H13ClFN5O/c1-9-5-6-12(8-13(9)17)20-16(24)14-15(22-23-21-14)19-11-4-2-3-10(18)7-11/h2-8H,1H3,(H,20,24)(H2,19,21,22,23). The zero-order valence-electron chi connectivity index (χ0n) is 12.6. The lowest BCUT2D eigenvalue weighted by molar-refractivity contribution is 0.102. The second kappa shape index (κ2) is 6.67. The van der Waals surface area contributed by atoms with Crippen LogP contribution in [-0.2, 0) is 0 Å². The number of carbonyl (C=O) groups is 1. The molecule has 0 unspecified atom stereocenters. The van der Waals surface area contributed by atoms with Crippen molar-refractivity contribution >= 4 is 34.7 Å². The highest BCUT2D eigenvalue weighted by Gasteiger charge is 2.17. The van der Waals surface area contributed by atoms with Crippen molar-refractivity contribution in [1.82, 2.24) is 15.4 Å². The van der Waals surface area contributed by atoms with Gasteiger partial charge in [-0.3, -0.25) is 4.79 Å². The molecule has 0 atom stereocenters. The largest absolute Gasteiger partial charge is 0.337 e. The fourth-order valence-electron chi connectivity index (χ4n) is 2.04. The summed E-state index contributed by atoms with van der Waals surface area (Å²) in [6.45, 7) is 1.87. The quantitative estimate of drug-likeness (QED) is 0.669. The van der Waals surface area contributed by atoms with Crippen LogP contribution in [0, 0.1) is 12.7 Å². The van der Waals surface area contributed by atoms with Gasteiger partial charge in [-0.25, -0.2) is 4.39 Å².